The summed E-state index contributed by atoms with van der Waals surface area (Å²) in [4.78, 5) is 12.1. The number of aryl methyl sites for hydroxylation is 1. The van der Waals surface area contributed by atoms with Crippen LogP contribution >= 0.6 is 0 Å². The van der Waals surface area contributed by atoms with Crippen LogP contribution in [-0.4, -0.2) is 34.1 Å². The van der Waals surface area contributed by atoms with Crippen LogP contribution in [0.2, 0.25) is 0 Å². The predicted octanol–water partition coefficient (Wildman–Crippen LogP) is 1.68. The van der Waals surface area contributed by atoms with Gasteiger partial charge in [-0.05, 0) is 31.9 Å². The van der Waals surface area contributed by atoms with Crippen molar-refractivity contribution in [2.45, 2.75) is 26.3 Å². The number of rotatable bonds is 2. The first-order chi connectivity index (χ1) is 8.74. The minimum Gasteiger partial charge on any atom is -0.365 e. The van der Waals surface area contributed by atoms with Crippen molar-refractivity contribution in [2.24, 2.45) is 5.92 Å². The number of H-pyrrole nitrogens is 1. The molecule has 1 aliphatic rings. The van der Waals surface area contributed by atoms with Gasteiger partial charge in [-0.2, -0.15) is 0 Å². The molecule has 3 N–H and O–H groups in total. The summed E-state index contributed by atoms with van der Waals surface area (Å²) < 4.78 is 0. The number of hydrogen-bond acceptors (Lipinski definition) is 4. The van der Waals surface area contributed by atoms with Crippen LogP contribution in [0.15, 0.2) is 12.3 Å². The van der Waals surface area contributed by atoms with Gasteiger partial charge in [-0.15, -0.1) is 0 Å². The van der Waals surface area contributed by atoms with E-state index in [4.69, 9.17) is 0 Å². The second kappa shape index (κ2) is 4.57. The lowest BCUT2D eigenvalue weighted by atomic mass is 9.95. The third-order valence-corrected chi connectivity index (χ3v) is 3.68. The number of anilines is 1. The molecule has 0 aromatic carbocycles. The Balaban J connectivity index is 1.91. The molecule has 5 heteroatoms. The molecule has 0 amide bonds. The Kier molecular flexibility index (Phi) is 2.91. The summed E-state index contributed by atoms with van der Waals surface area (Å²) in [5, 5.41) is 8.06. The predicted molar refractivity (Wildman–Crippen MR) is 72.7 cm³/mol. The summed E-state index contributed by atoms with van der Waals surface area (Å²) >= 11 is 0. The van der Waals surface area contributed by atoms with E-state index in [0.29, 0.717) is 12.0 Å². The van der Waals surface area contributed by atoms with E-state index in [1.165, 1.54) is 6.42 Å². The van der Waals surface area contributed by atoms with Crippen molar-refractivity contribution in [3.8, 4) is 0 Å². The number of hydrogen-bond donors (Lipinski definition) is 3. The Morgan fingerprint density at radius 1 is 1.39 bits per heavy atom. The van der Waals surface area contributed by atoms with Crippen molar-refractivity contribution in [3.05, 3.63) is 18.1 Å². The van der Waals surface area contributed by atoms with Crippen molar-refractivity contribution in [1.29, 1.82) is 0 Å². The van der Waals surface area contributed by atoms with Gasteiger partial charge in [0.2, 0.25) is 0 Å². The fourth-order valence-electron chi connectivity index (χ4n) is 2.52. The lowest BCUT2D eigenvalue weighted by Crippen LogP contribution is -2.44. The lowest BCUT2D eigenvalue weighted by molar-refractivity contribution is 0.366. The van der Waals surface area contributed by atoms with Gasteiger partial charge in [0.05, 0.1) is 5.39 Å². The normalized spacial score (nSPS) is 24.3. The molecule has 2 aromatic rings. The molecule has 0 spiro atoms. The van der Waals surface area contributed by atoms with Gasteiger partial charge in [-0.3, -0.25) is 0 Å². The molecular weight excluding hydrogens is 226 g/mol. The molecule has 0 bridgehead atoms. The summed E-state index contributed by atoms with van der Waals surface area (Å²) in [6.45, 7) is 6.33. The van der Waals surface area contributed by atoms with Crippen LogP contribution in [0.1, 0.15) is 19.2 Å². The molecule has 18 heavy (non-hydrogen) atoms. The van der Waals surface area contributed by atoms with Crippen molar-refractivity contribution < 1.29 is 0 Å². The molecule has 1 saturated heterocycles. The number of nitrogens with zero attached hydrogens (tertiary/aromatic N) is 2. The highest BCUT2D eigenvalue weighted by molar-refractivity contribution is 5.87. The zero-order valence-electron chi connectivity index (χ0n) is 10.8. The monoisotopic (exact) mass is 245 g/mol. The maximum absolute atomic E-state index is 4.53. The first-order valence-electron chi connectivity index (χ1n) is 6.53. The van der Waals surface area contributed by atoms with Gasteiger partial charge in [-0.25, -0.2) is 9.97 Å². The number of aromatic amines is 1. The number of nitrogens with one attached hydrogen (secondary N) is 3. The van der Waals surface area contributed by atoms with Crippen LogP contribution in [0.4, 0.5) is 5.82 Å². The van der Waals surface area contributed by atoms with Gasteiger partial charge in [0.25, 0.3) is 0 Å². The summed E-state index contributed by atoms with van der Waals surface area (Å²) in [6, 6.07) is 2.46. The summed E-state index contributed by atoms with van der Waals surface area (Å²) in [6.07, 6.45) is 3.12. The van der Waals surface area contributed by atoms with E-state index in [-0.39, 0.29) is 0 Å². The van der Waals surface area contributed by atoms with Crippen LogP contribution in [0.25, 0.3) is 11.0 Å². The van der Waals surface area contributed by atoms with Gasteiger partial charge in [0.1, 0.15) is 17.3 Å². The van der Waals surface area contributed by atoms with Gasteiger partial charge in [-0.1, -0.05) is 6.92 Å². The van der Waals surface area contributed by atoms with Crippen LogP contribution in [0.3, 0.4) is 0 Å². The maximum atomic E-state index is 4.53. The van der Waals surface area contributed by atoms with E-state index < -0.39 is 0 Å². The van der Waals surface area contributed by atoms with E-state index in [2.05, 4.69) is 32.5 Å². The third-order valence-electron chi connectivity index (χ3n) is 3.68. The average molecular weight is 245 g/mol. The molecule has 96 valence electrons. The highest BCUT2D eigenvalue weighted by Gasteiger charge is 2.22. The molecule has 3 rings (SSSR count). The first-order valence-corrected chi connectivity index (χ1v) is 6.53. The average Bonchev–Trinajstić information content (AvgIpc) is 2.80. The fraction of sp³-hybridized carbons (Fsp3) is 0.538. The quantitative estimate of drug-likeness (QED) is 0.753. The van der Waals surface area contributed by atoms with Crippen molar-refractivity contribution in [1.82, 2.24) is 20.3 Å². The molecule has 0 saturated carbocycles. The van der Waals surface area contributed by atoms with E-state index in [1.807, 2.05) is 19.2 Å². The van der Waals surface area contributed by atoms with Gasteiger partial charge >= 0.3 is 0 Å². The van der Waals surface area contributed by atoms with Crippen LogP contribution in [0, 0.1) is 12.8 Å². The second-order valence-electron chi connectivity index (χ2n) is 5.08. The number of piperidine rings is 1. The molecular formula is C13H19N5. The van der Waals surface area contributed by atoms with Gasteiger partial charge in [0, 0.05) is 18.8 Å². The number of aromatic nitrogens is 3. The zero-order valence-corrected chi connectivity index (χ0v) is 10.8. The Bertz CT molecular complexity index is 547. The zero-order chi connectivity index (χ0) is 12.5. The van der Waals surface area contributed by atoms with E-state index >= 15 is 0 Å². The Hall–Kier alpha value is -1.62. The summed E-state index contributed by atoms with van der Waals surface area (Å²) in [7, 11) is 0. The molecule has 1 aliphatic heterocycles. The van der Waals surface area contributed by atoms with Crippen LogP contribution in [-0.2, 0) is 0 Å². The first kappa shape index (κ1) is 11.5. The molecule has 0 unspecified atom stereocenters. The van der Waals surface area contributed by atoms with E-state index in [1.54, 1.807) is 0 Å². The number of fused-ring (bicyclic) bond motifs is 1. The highest BCUT2D eigenvalue weighted by atomic mass is 15.1. The van der Waals surface area contributed by atoms with Crippen LogP contribution in [0.5, 0.6) is 0 Å². The minimum atomic E-state index is 0.436. The van der Waals surface area contributed by atoms with Crippen molar-refractivity contribution in [3.63, 3.8) is 0 Å². The smallest absolute Gasteiger partial charge is 0.143 e. The van der Waals surface area contributed by atoms with Gasteiger partial charge in [0.15, 0.2) is 0 Å². The Labute approximate surface area is 106 Å². The Morgan fingerprint density at radius 3 is 3.11 bits per heavy atom. The molecule has 5 nitrogen and oxygen atoms in total. The van der Waals surface area contributed by atoms with E-state index in [0.717, 1.165) is 35.8 Å². The lowest BCUT2D eigenvalue weighted by Gasteiger charge is -2.30. The Morgan fingerprint density at radius 2 is 2.28 bits per heavy atom. The standard InChI is InChI=1S/C13H19N5/c1-8-3-5-14-7-11(8)18-13-10-4-6-15-12(10)16-9(2)17-13/h4,6,8,11,14H,3,5,7H2,1-2H3,(H2,15,16,17,18)/t8-,11-/m1/s1. The third kappa shape index (κ3) is 2.06. The summed E-state index contributed by atoms with van der Waals surface area (Å²) in [5.41, 5.74) is 0.904. The van der Waals surface area contributed by atoms with Crippen LogP contribution < -0.4 is 10.6 Å². The highest BCUT2D eigenvalue weighted by Crippen LogP contribution is 2.22. The minimum absolute atomic E-state index is 0.436. The molecule has 1 fully saturated rings. The molecule has 2 atom stereocenters. The van der Waals surface area contributed by atoms with Crippen molar-refractivity contribution in [2.75, 3.05) is 18.4 Å². The maximum Gasteiger partial charge on any atom is 0.143 e. The molecule has 0 aliphatic carbocycles. The second-order valence-corrected chi connectivity index (χ2v) is 5.08. The van der Waals surface area contributed by atoms with E-state index in [9.17, 15) is 0 Å². The van der Waals surface area contributed by atoms with Gasteiger partial charge < -0.3 is 15.6 Å². The summed E-state index contributed by atoms with van der Waals surface area (Å²) in [5.74, 6) is 2.40. The SMILES string of the molecule is Cc1nc(N[C@@H]2CNCC[C@H]2C)c2cc[nH]c2n1. The fourth-order valence-corrected chi connectivity index (χ4v) is 2.52. The molecule has 2 aromatic heterocycles. The largest absolute Gasteiger partial charge is 0.365 e. The topological polar surface area (TPSA) is 65.6 Å². The molecule has 3 heterocycles. The molecule has 0 radical (unpaired) electrons. The van der Waals surface area contributed by atoms with Crippen molar-refractivity contribution >= 4 is 16.9 Å².